The van der Waals surface area contributed by atoms with Gasteiger partial charge in [0, 0.05) is 25.7 Å². The monoisotopic (exact) mass is 276 g/mol. The summed E-state index contributed by atoms with van der Waals surface area (Å²) in [5.74, 6) is 0. The summed E-state index contributed by atoms with van der Waals surface area (Å²) in [5.41, 5.74) is 2.70. The minimum absolute atomic E-state index is 0.353. The molecular formula is C17H28N2O. The van der Waals surface area contributed by atoms with E-state index in [2.05, 4.69) is 62.3 Å². The number of benzene rings is 1. The molecule has 0 saturated carbocycles. The van der Waals surface area contributed by atoms with Crippen LogP contribution in [0.3, 0.4) is 0 Å². The SMILES string of the molecule is CNC(CCN1CC(C)OC(C)C1)c1ccc(C)cc1. The van der Waals surface area contributed by atoms with Crippen LogP contribution < -0.4 is 5.32 Å². The van der Waals surface area contributed by atoms with Crippen molar-refractivity contribution in [1.82, 2.24) is 10.2 Å². The van der Waals surface area contributed by atoms with Crippen molar-refractivity contribution in [2.45, 2.75) is 45.4 Å². The second-order valence-corrected chi connectivity index (χ2v) is 6.06. The summed E-state index contributed by atoms with van der Waals surface area (Å²) < 4.78 is 5.79. The fourth-order valence-corrected chi connectivity index (χ4v) is 3.06. The van der Waals surface area contributed by atoms with Crippen molar-refractivity contribution in [3.8, 4) is 0 Å². The van der Waals surface area contributed by atoms with Crippen LogP contribution in [0.2, 0.25) is 0 Å². The van der Waals surface area contributed by atoms with E-state index >= 15 is 0 Å². The van der Waals surface area contributed by atoms with Gasteiger partial charge >= 0.3 is 0 Å². The molecule has 3 unspecified atom stereocenters. The maximum Gasteiger partial charge on any atom is 0.0678 e. The third-order valence-corrected chi connectivity index (χ3v) is 4.06. The van der Waals surface area contributed by atoms with Crippen molar-refractivity contribution >= 4 is 0 Å². The number of nitrogens with one attached hydrogen (secondary N) is 1. The molecule has 0 aromatic heterocycles. The maximum absolute atomic E-state index is 5.79. The maximum atomic E-state index is 5.79. The fourth-order valence-electron chi connectivity index (χ4n) is 3.06. The minimum atomic E-state index is 0.353. The van der Waals surface area contributed by atoms with Gasteiger partial charge in [-0.25, -0.2) is 0 Å². The molecule has 0 amide bonds. The molecule has 1 N–H and O–H groups in total. The van der Waals surface area contributed by atoms with Crippen LogP contribution in [0, 0.1) is 6.92 Å². The highest BCUT2D eigenvalue weighted by atomic mass is 16.5. The van der Waals surface area contributed by atoms with Gasteiger partial charge in [-0.05, 0) is 39.8 Å². The highest BCUT2D eigenvalue weighted by molar-refractivity contribution is 5.24. The third-order valence-electron chi connectivity index (χ3n) is 4.06. The first-order valence-electron chi connectivity index (χ1n) is 7.70. The van der Waals surface area contributed by atoms with Gasteiger partial charge in [-0.15, -0.1) is 0 Å². The zero-order valence-corrected chi connectivity index (χ0v) is 13.2. The average molecular weight is 276 g/mol. The summed E-state index contributed by atoms with van der Waals surface area (Å²) >= 11 is 0. The standard InChI is InChI=1S/C17H28N2O/c1-13-5-7-16(8-6-13)17(18-4)9-10-19-11-14(2)20-15(3)12-19/h5-8,14-15,17-18H,9-12H2,1-4H3. The van der Waals surface area contributed by atoms with E-state index in [0.717, 1.165) is 26.1 Å². The Labute approximate surface area is 123 Å². The van der Waals surface area contributed by atoms with Gasteiger partial charge in [-0.3, -0.25) is 4.90 Å². The van der Waals surface area contributed by atoms with Crippen LogP contribution in [-0.4, -0.2) is 43.8 Å². The Hall–Kier alpha value is -0.900. The van der Waals surface area contributed by atoms with E-state index in [1.54, 1.807) is 0 Å². The molecule has 3 nitrogen and oxygen atoms in total. The van der Waals surface area contributed by atoms with E-state index in [4.69, 9.17) is 4.74 Å². The summed E-state index contributed by atoms with van der Waals surface area (Å²) in [7, 11) is 2.05. The largest absolute Gasteiger partial charge is 0.373 e. The second kappa shape index (κ2) is 7.21. The third kappa shape index (κ3) is 4.30. The molecule has 1 aromatic carbocycles. The van der Waals surface area contributed by atoms with Crippen LogP contribution in [0.5, 0.6) is 0 Å². The zero-order chi connectivity index (χ0) is 14.5. The molecule has 1 aromatic rings. The lowest BCUT2D eigenvalue weighted by Gasteiger charge is -2.36. The first-order chi connectivity index (χ1) is 9.58. The van der Waals surface area contributed by atoms with Crippen LogP contribution in [-0.2, 0) is 4.74 Å². The summed E-state index contributed by atoms with van der Waals surface area (Å²) in [6, 6.07) is 9.29. The lowest BCUT2D eigenvalue weighted by Crippen LogP contribution is -2.46. The molecule has 3 heteroatoms. The van der Waals surface area contributed by atoms with Crippen molar-refractivity contribution < 1.29 is 4.74 Å². The van der Waals surface area contributed by atoms with E-state index in [9.17, 15) is 0 Å². The molecule has 2 rings (SSSR count). The van der Waals surface area contributed by atoms with Gasteiger partial charge in [0.2, 0.25) is 0 Å². The summed E-state index contributed by atoms with van der Waals surface area (Å²) in [6.45, 7) is 9.69. The topological polar surface area (TPSA) is 24.5 Å². The number of rotatable bonds is 5. The van der Waals surface area contributed by atoms with Crippen molar-refractivity contribution in [1.29, 1.82) is 0 Å². The average Bonchev–Trinajstić information content (AvgIpc) is 2.40. The van der Waals surface area contributed by atoms with Crippen molar-refractivity contribution in [2.75, 3.05) is 26.7 Å². The van der Waals surface area contributed by atoms with E-state index in [0.29, 0.717) is 18.2 Å². The molecule has 0 spiro atoms. The summed E-state index contributed by atoms with van der Waals surface area (Å²) in [4.78, 5) is 2.53. The Bertz CT molecular complexity index is 394. The molecule has 0 radical (unpaired) electrons. The Kier molecular flexibility index (Phi) is 5.58. The van der Waals surface area contributed by atoms with Gasteiger partial charge in [0.05, 0.1) is 12.2 Å². The van der Waals surface area contributed by atoms with Crippen LogP contribution in [0.25, 0.3) is 0 Å². The molecular weight excluding hydrogens is 248 g/mol. The van der Waals surface area contributed by atoms with Gasteiger partial charge in [0.25, 0.3) is 0 Å². The van der Waals surface area contributed by atoms with Gasteiger partial charge in [-0.1, -0.05) is 29.8 Å². The van der Waals surface area contributed by atoms with Gasteiger partial charge < -0.3 is 10.1 Å². The first-order valence-corrected chi connectivity index (χ1v) is 7.70. The van der Waals surface area contributed by atoms with Crippen LogP contribution >= 0.6 is 0 Å². The fraction of sp³-hybridized carbons (Fsp3) is 0.647. The van der Waals surface area contributed by atoms with E-state index in [1.807, 2.05) is 0 Å². The highest BCUT2D eigenvalue weighted by Crippen LogP contribution is 2.19. The molecule has 1 aliphatic heterocycles. The number of morpholine rings is 1. The predicted molar refractivity (Wildman–Crippen MR) is 84.0 cm³/mol. The molecule has 1 saturated heterocycles. The molecule has 1 heterocycles. The summed E-state index contributed by atoms with van der Waals surface area (Å²) in [6.07, 6.45) is 1.84. The Morgan fingerprint density at radius 2 is 1.80 bits per heavy atom. The molecule has 20 heavy (non-hydrogen) atoms. The normalized spacial score (nSPS) is 25.6. The van der Waals surface area contributed by atoms with E-state index < -0.39 is 0 Å². The molecule has 1 fully saturated rings. The first kappa shape index (κ1) is 15.5. The Morgan fingerprint density at radius 1 is 1.20 bits per heavy atom. The molecule has 1 aliphatic rings. The quantitative estimate of drug-likeness (QED) is 0.895. The second-order valence-electron chi connectivity index (χ2n) is 6.06. The number of hydrogen-bond donors (Lipinski definition) is 1. The number of ether oxygens (including phenoxy) is 1. The Morgan fingerprint density at radius 3 is 2.35 bits per heavy atom. The lowest BCUT2D eigenvalue weighted by atomic mass is 10.0. The zero-order valence-electron chi connectivity index (χ0n) is 13.2. The smallest absolute Gasteiger partial charge is 0.0678 e. The Balaban J connectivity index is 1.89. The molecule has 0 bridgehead atoms. The number of hydrogen-bond acceptors (Lipinski definition) is 3. The highest BCUT2D eigenvalue weighted by Gasteiger charge is 2.22. The molecule has 0 aliphatic carbocycles. The van der Waals surface area contributed by atoms with E-state index in [1.165, 1.54) is 11.1 Å². The minimum Gasteiger partial charge on any atom is -0.373 e. The number of nitrogens with zero attached hydrogens (tertiary/aromatic N) is 1. The van der Waals surface area contributed by atoms with E-state index in [-0.39, 0.29) is 0 Å². The number of aryl methyl sites for hydroxylation is 1. The summed E-state index contributed by atoms with van der Waals surface area (Å²) in [5, 5.41) is 3.44. The predicted octanol–water partition coefficient (Wildman–Crippen LogP) is 2.75. The van der Waals surface area contributed by atoms with Crippen LogP contribution in [0.4, 0.5) is 0 Å². The van der Waals surface area contributed by atoms with Gasteiger partial charge in [0.15, 0.2) is 0 Å². The van der Waals surface area contributed by atoms with Gasteiger partial charge in [0.1, 0.15) is 0 Å². The van der Waals surface area contributed by atoms with Gasteiger partial charge in [-0.2, -0.15) is 0 Å². The molecule has 3 atom stereocenters. The van der Waals surface area contributed by atoms with Crippen molar-refractivity contribution in [3.63, 3.8) is 0 Å². The van der Waals surface area contributed by atoms with Crippen LogP contribution in [0.15, 0.2) is 24.3 Å². The van der Waals surface area contributed by atoms with Crippen molar-refractivity contribution in [3.05, 3.63) is 35.4 Å². The lowest BCUT2D eigenvalue weighted by molar-refractivity contribution is -0.0685. The van der Waals surface area contributed by atoms with Crippen molar-refractivity contribution in [2.24, 2.45) is 0 Å². The molecule has 112 valence electrons. The van der Waals surface area contributed by atoms with Crippen LogP contribution in [0.1, 0.15) is 37.4 Å².